The van der Waals surface area contributed by atoms with Gasteiger partial charge in [0.2, 0.25) is 0 Å². The number of nitriles is 1. The Morgan fingerprint density at radius 3 is 2.74 bits per heavy atom. The van der Waals surface area contributed by atoms with Crippen LogP contribution in [0.4, 0.5) is 11.4 Å². The summed E-state index contributed by atoms with van der Waals surface area (Å²) in [5.41, 5.74) is 7.14. The lowest BCUT2D eigenvalue weighted by Gasteiger charge is -2.36. The molecule has 1 aliphatic heterocycles. The third-order valence-corrected chi connectivity index (χ3v) is 3.52. The van der Waals surface area contributed by atoms with E-state index in [1.807, 2.05) is 18.0 Å². The first-order chi connectivity index (χ1) is 9.04. The Morgan fingerprint density at radius 2 is 2.16 bits per heavy atom. The molecule has 5 nitrogen and oxygen atoms in total. The molecule has 1 heterocycles. The van der Waals surface area contributed by atoms with Crippen LogP contribution in [-0.2, 0) is 4.74 Å². The van der Waals surface area contributed by atoms with E-state index in [0.717, 1.165) is 5.69 Å². The molecule has 0 bridgehead atoms. The number of rotatable bonds is 3. The topological polar surface area (TPSA) is 82.5 Å². The summed E-state index contributed by atoms with van der Waals surface area (Å²) in [5.74, 6) is 0. The third-order valence-electron chi connectivity index (χ3n) is 3.52. The Kier molecular flexibility index (Phi) is 3.93. The molecule has 3 N–H and O–H groups in total. The van der Waals surface area contributed by atoms with Crippen molar-refractivity contribution in [1.29, 1.82) is 5.26 Å². The predicted octanol–water partition coefficient (Wildman–Crippen LogP) is 1.12. The lowest BCUT2D eigenvalue weighted by Crippen LogP contribution is -2.45. The van der Waals surface area contributed by atoms with E-state index in [1.54, 1.807) is 12.1 Å². The van der Waals surface area contributed by atoms with Crippen molar-refractivity contribution in [3.8, 4) is 6.07 Å². The summed E-state index contributed by atoms with van der Waals surface area (Å²) in [7, 11) is 1.89. The minimum Gasteiger partial charge on any atom is -0.397 e. The first-order valence-electron chi connectivity index (χ1n) is 6.35. The molecule has 2 rings (SSSR count). The number of benzene rings is 1. The van der Waals surface area contributed by atoms with Gasteiger partial charge in [-0.1, -0.05) is 0 Å². The van der Waals surface area contributed by atoms with Gasteiger partial charge in [0, 0.05) is 39.6 Å². The predicted molar refractivity (Wildman–Crippen MR) is 73.8 cm³/mol. The standard InChI is InChI=1S/C14H19N3O2/c1-17(10-14(18)4-6-19-7-5-14)13-3-2-11(9-15)8-12(13)16/h2-3,8,18H,4-7,10,16H2,1H3. The molecule has 0 spiro atoms. The van der Waals surface area contributed by atoms with Gasteiger partial charge in [0.1, 0.15) is 0 Å². The highest BCUT2D eigenvalue weighted by Gasteiger charge is 2.31. The molecule has 1 aromatic rings. The molecule has 1 saturated heterocycles. The van der Waals surface area contributed by atoms with Crippen molar-refractivity contribution in [2.75, 3.05) is 37.4 Å². The Bertz CT molecular complexity index is 490. The molecule has 1 aliphatic rings. The summed E-state index contributed by atoms with van der Waals surface area (Å²) in [5, 5.41) is 19.3. The number of likely N-dealkylation sites (N-methyl/N-ethyl adjacent to an activating group) is 1. The molecule has 0 unspecified atom stereocenters. The molecule has 1 fully saturated rings. The Labute approximate surface area is 113 Å². The van der Waals surface area contributed by atoms with Gasteiger partial charge in [0.25, 0.3) is 0 Å². The summed E-state index contributed by atoms with van der Waals surface area (Å²) in [6.07, 6.45) is 1.26. The van der Waals surface area contributed by atoms with E-state index < -0.39 is 5.60 Å². The number of anilines is 2. The number of nitrogen functional groups attached to an aromatic ring is 1. The minimum absolute atomic E-state index is 0.506. The maximum atomic E-state index is 10.5. The van der Waals surface area contributed by atoms with Crippen molar-refractivity contribution in [1.82, 2.24) is 0 Å². The van der Waals surface area contributed by atoms with Crippen LogP contribution < -0.4 is 10.6 Å². The van der Waals surface area contributed by atoms with Gasteiger partial charge >= 0.3 is 0 Å². The molecule has 0 atom stereocenters. The van der Waals surface area contributed by atoms with Crippen LogP contribution in [0.3, 0.4) is 0 Å². The molecule has 1 aromatic carbocycles. The van der Waals surface area contributed by atoms with Crippen LogP contribution in [0, 0.1) is 11.3 Å². The first-order valence-corrected chi connectivity index (χ1v) is 6.35. The highest BCUT2D eigenvalue weighted by Crippen LogP contribution is 2.27. The van der Waals surface area contributed by atoms with Crippen molar-refractivity contribution in [3.63, 3.8) is 0 Å². The second-order valence-electron chi connectivity index (χ2n) is 5.08. The van der Waals surface area contributed by atoms with Crippen molar-refractivity contribution in [2.24, 2.45) is 0 Å². The van der Waals surface area contributed by atoms with Gasteiger partial charge in [-0.05, 0) is 18.2 Å². The average molecular weight is 261 g/mol. The number of aliphatic hydroxyl groups is 1. The normalized spacial score (nSPS) is 17.7. The van der Waals surface area contributed by atoms with Crippen LogP contribution in [0.1, 0.15) is 18.4 Å². The summed E-state index contributed by atoms with van der Waals surface area (Å²) in [4.78, 5) is 1.93. The van der Waals surface area contributed by atoms with E-state index in [2.05, 4.69) is 6.07 Å². The van der Waals surface area contributed by atoms with E-state index in [1.165, 1.54) is 0 Å². The summed E-state index contributed by atoms with van der Waals surface area (Å²) in [6.45, 7) is 1.69. The van der Waals surface area contributed by atoms with Gasteiger partial charge in [-0.15, -0.1) is 0 Å². The van der Waals surface area contributed by atoms with Crippen LogP contribution >= 0.6 is 0 Å². The zero-order valence-electron chi connectivity index (χ0n) is 11.1. The van der Waals surface area contributed by atoms with Gasteiger partial charge in [0.15, 0.2) is 0 Å². The summed E-state index contributed by atoms with van der Waals surface area (Å²) >= 11 is 0. The fourth-order valence-corrected chi connectivity index (χ4v) is 2.41. The molecule has 0 aliphatic carbocycles. The molecule has 5 heteroatoms. The average Bonchev–Trinajstić information content (AvgIpc) is 2.38. The molecular weight excluding hydrogens is 242 g/mol. The van der Waals surface area contributed by atoms with Crippen LogP contribution in [-0.4, -0.2) is 37.5 Å². The number of nitrogens with two attached hydrogens (primary N) is 1. The highest BCUT2D eigenvalue weighted by molar-refractivity contribution is 5.69. The molecule has 0 radical (unpaired) electrons. The van der Waals surface area contributed by atoms with E-state index in [9.17, 15) is 5.11 Å². The largest absolute Gasteiger partial charge is 0.397 e. The van der Waals surface area contributed by atoms with Crippen molar-refractivity contribution >= 4 is 11.4 Å². The maximum Gasteiger partial charge on any atom is 0.0992 e. The van der Waals surface area contributed by atoms with E-state index in [-0.39, 0.29) is 0 Å². The molecule has 0 saturated carbocycles. The van der Waals surface area contributed by atoms with E-state index in [0.29, 0.717) is 43.9 Å². The monoisotopic (exact) mass is 261 g/mol. The number of nitrogens with zero attached hydrogens (tertiary/aromatic N) is 2. The molecule has 0 aromatic heterocycles. The van der Waals surface area contributed by atoms with Crippen LogP contribution in [0.25, 0.3) is 0 Å². The molecule has 0 amide bonds. The molecule has 19 heavy (non-hydrogen) atoms. The van der Waals surface area contributed by atoms with E-state index >= 15 is 0 Å². The Hall–Kier alpha value is -1.77. The quantitative estimate of drug-likeness (QED) is 0.797. The molecular formula is C14H19N3O2. The van der Waals surface area contributed by atoms with Gasteiger partial charge < -0.3 is 20.5 Å². The first kappa shape index (κ1) is 13.7. The zero-order valence-corrected chi connectivity index (χ0v) is 11.1. The highest BCUT2D eigenvalue weighted by atomic mass is 16.5. The SMILES string of the molecule is CN(CC1(O)CCOCC1)c1ccc(C#N)cc1N. The number of hydrogen-bond acceptors (Lipinski definition) is 5. The van der Waals surface area contributed by atoms with Gasteiger partial charge in [0.05, 0.1) is 28.6 Å². The van der Waals surface area contributed by atoms with Crippen LogP contribution in [0.15, 0.2) is 18.2 Å². The summed E-state index contributed by atoms with van der Waals surface area (Å²) < 4.78 is 5.27. The van der Waals surface area contributed by atoms with Crippen molar-refractivity contribution < 1.29 is 9.84 Å². The third kappa shape index (κ3) is 3.16. The lowest BCUT2D eigenvalue weighted by atomic mass is 9.93. The zero-order chi connectivity index (χ0) is 13.9. The number of hydrogen-bond donors (Lipinski definition) is 2. The minimum atomic E-state index is -0.729. The Morgan fingerprint density at radius 1 is 1.47 bits per heavy atom. The van der Waals surface area contributed by atoms with Crippen LogP contribution in [0.5, 0.6) is 0 Å². The Balaban J connectivity index is 2.11. The van der Waals surface area contributed by atoms with Crippen molar-refractivity contribution in [3.05, 3.63) is 23.8 Å². The van der Waals surface area contributed by atoms with Gasteiger partial charge in [-0.3, -0.25) is 0 Å². The summed E-state index contributed by atoms with van der Waals surface area (Å²) in [6, 6.07) is 7.26. The molecule has 102 valence electrons. The number of ether oxygens (including phenoxy) is 1. The van der Waals surface area contributed by atoms with Crippen molar-refractivity contribution in [2.45, 2.75) is 18.4 Å². The fraction of sp³-hybridized carbons (Fsp3) is 0.500. The van der Waals surface area contributed by atoms with E-state index in [4.69, 9.17) is 15.7 Å². The second-order valence-corrected chi connectivity index (χ2v) is 5.08. The van der Waals surface area contributed by atoms with Gasteiger partial charge in [-0.25, -0.2) is 0 Å². The van der Waals surface area contributed by atoms with Gasteiger partial charge in [-0.2, -0.15) is 5.26 Å². The maximum absolute atomic E-state index is 10.5. The fourth-order valence-electron chi connectivity index (χ4n) is 2.41. The lowest BCUT2D eigenvalue weighted by molar-refractivity contribution is -0.0572. The van der Waals surface area contributed by atoms with Crippen LogP contribution in [0.2, 0.25) is 0 Å². The smallest absolute Gasteiger partial charge is 0.0992 e. The second kappa shape index (κ2) is 5.47.